The van der Waals surface area contributed by atoms with E-state index in [0.29, 0.717) is 31.9 Å². The third-order valence-electron chi connectivity index (χ3n) is 2.29. The van der Waals surface area contributed by atoms with Crippen LogP contribution in [-0.2, 0) is 16.1 Å². The molecule has 0 aromatic heterocycles. The Morgan fingerprint density at radius 2 is 2.18 bits per heavy atom. The summed E-state index contributed by atoms with van der Waals surface area (Å²) in [5.74, 6) is 0.503. The normalized spacial score (nSPS) is 10.2. The van der Waals surface area contributed by atoms with Crippen molar-refractivity contribution in [2.45, 2.75) is 26.4 Å². The van der Waals surface area contributed by atoms with E-state index in [-0.39, 0.29) is 5.91 Å². The van der Waals surface area contributed by atoms with Crippen molar-refractivity contribution in [1.29, 1.82) is 0 Å². The molecule has 1 amide bonds. The van der Waals surface area contributed by atoms with Crippen LogP contribution in [-0.4, -0.2) is 18.4 Å². The van der Waals surface area contributed by atoms with E-state index < -0.39 is 0 Å². The highest BCUT2D eigenvalue weighted by Gasteiger charge is 2.05. The molecule has 0 saturated heterocycles. The van der Waals surface area contributed by atoms with Crippen LogP contribution < -0.4 is 5.32 Å². The first-order chi connectivity index (χ1) is 8.27. The van der Waals surface area contributed by atoms with Crippen molar-refractivity contribution in [1.82, 2.24) is 0 Å². The zero-order valence-corrected chi connectivity index (χ0v) is 10.8. The molecule has 0 spiro atoms. The van der Waals surface area contributed by atoms with Crippen LogP contribution in [0.3, 0.4) is 0 Å². The van der Waals surface area contributed by atoms with Gasteiger partial charge in [-0.05, 0) is 19.4 Å². The number of amides is 1. The Morgan fingerprint density at radius 1 is 1.41 bits per heavy atom. The van der Waals surface area contributed by atoms with Gasteiger partial charge in [0.2, 0.25) is 5.91 Å². The maximum Gasteiger partial charge on any atom is 0.224 e. The summed E-state index contributed by atoms with van der Waals surface area (Å²) >= 11 is 5.55. The Balaban J connectivity index is 2.59. The van der Waals surface area contributed by atoms with Gasteiger partial charge in [-0.25, -0.2) is 0 Å². The number of benzene rings is 1. The largest absolute Gasteiger partial charge is 0.377 e. The molecular weight excluding hydrogens is 238 g/mol. The van der Waals surface area contributed by atoms with Crippen molar-refractivity contribution >= 4 is 23.2 Å². The second kappa shape index (κ2) is 8.09. The van der Waals surface area contributed by atoms with Gasteiger partial charge in [0.1, 0.15) is 0 Å². The van der Waals surface area contributed by atoms with E-state index in [1.54, 1.807) is 0 Å². The number of ether oxygens (including phenoxy) is 1. The summed E-state index contributed by atoms with van der Waals surface area (Å²) in [5, 5.41) is 2.88. The molecule has 0 aliphatic heterocycles. The Morgan fingerprint density at radius 3 is 2.88 bits per heavy atom. The Bertz CT molecular complexity index is 355. The molecule has 0 saturated carbocycles. The number of carbonyl (C=O) groups is 1. The van der Waals surface area contributed by atoms with Gasteiger partial charge in [-0.2, -0.15) is 0 Å². The van der Waals surface area contributed by atoms with Crippen LogP contribution in [0.25, 0.3) is 0 Å². The third-order valence-corrected chi connectivity index (χ3v) is 2.56. The molecule has 0 unspecified atom stereocenters. The van der Waals surface area contributed by atoms with Crippen LogP contribution in [0.5, 0.6) is 0 Å². The highest BCUT2D eigenvalue weighted by Crippen LogP contribution is 2.16. The van der Waals surface area contributed by atoms with Crippen molar-refractivity contribution in [3.8, 4) is 0 Å². The number of rotatable bonds is 7. The molecule has 1 rings (SSSR count). The standard InChI is InChI=1S/C13H18ClNO2/c1-2-17-10-11-6-3-4-7-12(11)15-13(16)8-5-9-14/h3-4,6-7H,2,5,8-10H2,1H3,(H,15,16). The summed E-state index contributed by atoms with van der Waals surface area (Å²) in [6, 6.07) is 7.66. The Kier molecular flexibility index (Phi) is 6.67. The zero-order chi connectivity index (χ0) is 12.5. The summed E-state index contributed by atoms with van der Waals surface area (Å²) < 4.78 is 5.35. The molecule has 0 radical (unpaired) electrons. The third kappa shape index (κ3) is 5.20. The minimum atomic E-state index is -0.00500. The van der Waals surface area contributed by atoms with Gasteiger partial charge in [0.25, 0.3) is 0 Å². The number of hydrogen-bond acceptors (Lipinski definition) is 2. The molecule has 0 aliphatic carbocycles. The van der Waals surface area contributed by atoms with Gasteiger partial charge >= 0.3 is 0 Å². The molecule has 0 atom stereocenters. The lowest BCUT2D eigenvalue weighted by Gasteiger charge is -2.10. The summed E-state index contributed by atoms with van der Waals surface area (Å²) in [6.45, 7) is 3.12. The van der Waals surface area contributed by atoms with Crippen LogP contribution in [0.15, 0.2) is 24.3 Å². The predicted molar refractivity (Wildman–Crippen MR) is 70.4 cm³/mol. The number of nitrogens with one attached hydrogen (secondary N) is 1. The molecular formula is C13H18ClNO2. The van der Waals surface area contributed by atoms with Gasteiger partial charge in [0.15, 0.2) is 0 Å². The molecule has 1 aromatic rings. The van der Waals surface area contributed by atoms with Gasteiger partial charge in [0.05, 0.1) is 6.61 Å². The lowest BCUT2D eigenvalue weighted by atomic mass is 10.2. The fourth-order valence-electron chi connectivity index (χ4n) is 1.42. The fourth-order valence-corrected chi connectivity index (χ4v) is 1.55. The Hall–Kier alpha value is -1.06. The molecule has 0 fully saturated rings. The number of alkyl halides is 1. The van der Waals surface area contributed by atoms with Crippen molar-refractivity contribution in [3.05, 3.63) is 29.8 Å². The first kappa shape index (κ1) is 14.0. The van der Waals surface area contributed by atoms with E-state index in [1.807, 2.05) is 31.2 Å². The molecule has 17 heavy (non-hydrogen) atoms. The summed E-state index contributed by atoms with van der Waals surface area (Å²) in [5.41, 5.74) is 1.81. The van der Waals surface area contributed by atoms with E-state index >= 15 is 0 Å². The number of para-hydroxylation sites is 1. The average Bonchev–Trinajstić information content (AvgIpc) is 2.35. The lowest BCUT2D eigenvalue weighted by Crippen LogP contribution is -2.13. The van der Waals surface area contributed by atoms with Crippen LogP contribution >= 0.6 is 11.6 Å². The molecule has 1 N–H and O–H groups in total. The molecule has 3 nitrogen and oxygen atoms in total. The van der Waals surface area contributed by atoms with Crippen molar-refractivity contribution in [3.63, 3.8) is 0 Å². The summed E-state index contributed by atoms with van der Waals surface area (Å²) in [7, 11) is 0. The number of hydrogen-bond donors (Lipinski definition) is 1. The quantitative estimate of drug-likeness (QED) is 0.760. The van der Waals surface area contributed by atoms with E-state index in [4.69, 9.17) is 16.3 Å². The van der Waals surface area contributed by atoms with E-state index in [1.165, 1.54) is 0 Å². The molecule has 1 aromatic carbocycles. The van der Waals surface area contributed by atoms with Crippen LogP contribution in [0.1, 0.15) is 25.3 Å². The van der Waals surface area contributed by atoms with Crippen molar-refractivity contribution < 1.29 is 9.53 Å². The van der Waals surface area contributed by atoms with Crippen LogP contribution in [0, 0.1) is 0 Å². The van der Waals surface area contributed by atoms with Gasteiger partial charge < -0.3 is 10.1 Å². The first-order valence-corrected chi connectivity index (χ1v) is 6.32. The maximum absolute atomic E-state index is 11.6. The molecule has 0 heterocycles. The topological polar surface area (TPSA) is 38.3 Å². The van der Waals surface area contributed by atoms with Crippen molar-refractivity contribution in [2.75, 3.05) is 17.8 Å². The lowest BCUT2D eigenvalue weighted by molar-refractivity contribution is -0.116. The highest BCUT2D eigenvalue weighted by molar-refractivity contribution is 6.18. The average molecular weight is 256 g/mol. The van der Waals surface area contributed by atoms with Crippen molar-refractivity contribution in [2.24, 2.45) is 0 Å². The Labute approximate surface area is 107 Å². The van der Waals surface area contributed by atoms with Crippen LogP contribution in [0.2, 0.25) is 0 Å². The zero-order valence-electron chi connectivity index (χ0n) is 10.0. The molecule has 0 bridgehead atoms. The smallest absolute Gasteiger partial charge is 0.224 e. The minimum Gasteiger partial charge on any atom is -0.377 e. The van der Waals surface area contributed by atoms with Gasteiger partial charge in [-0.1, -0.05) is 18.2 Å². The van der Waals surface area contributed by atoms with Gasteiger partial charge in [-0.3, -0.25) is 4.79 Å². The number of halogens is 1. The highest BCUT2D eigenvalue weighted by atomic mass is 35.5. The first-order valence-electron chi connectivity index (χ1n) is 5.79. The fraction of sp³-hybridized carbons (Fsp3) is 0.462. The second-order valence-electron chi connectivity index (χ2n) is 3.63. The summed E-state index contributed by atoms with van der Waals surface area (Å²) in [6.07, 6.45) is 1.15. The van der Waals surface area contributed by atoms with E-state index in [0.717, 1.165) is 11.3 Å². The monoisotopic (exact) mass is 255 g/mol. The SMILES string of the molecule is CCOCc1ccccc1NC(=O)CCCCl. The molecule has 4 heteroatoms. The van der Waals surface area contributed by atoms with Crippen LogP contribution in [0.4, 0.5) is 5.69 Å². The second-order valence-corrected chi connectivity index (χ2v) is 4.01. The minimum absolute atomic E-state index is 0.00500. The maximum atomic E-state index is 11.6. The van der Waals surface area contributed by atoms with Gasteiger partial charge in [0, 0.05) is 30.2 Å². The number of carbonyl (C=O) groups excluding carboxylic acids is 1. The van der Waals surface area contributed by atoms with Gasteiger partial charge in [-0.15, -0.1) is 11.6 Å². The van der Waals surface area contributed by atoms with E-state index in [9.17, 15) is 4.79 Å². The van der Waals surface area contributed by atoms with E-state index in [2.05, 4.69) is 5.32 Å². The molecule has 0 aliphatic rings. The summed E-state index contributed by atoms with van der Waals surface area (Å²) in [4.78, 5) is 11.6. The molecule has 94 valence electrons. The predicted octanol–water partition coefficient (Wildman–Crippen LogP) is 3.18. The number of anilines is 1.